The zero-order valence-corrected chi connectivity index (χ0v) is 13.4. The SMILES string of the molecule is COc1cccc([C@@H](C)c2c(C(N)=O)cc(C)cc2C(N)=O)c1. The molecule has 0 aromatic heterocycles. The van der Waals surface area contributed by atoms with Crippen LogP contribution in [0.4, 0.5) is 0 Å². The fourth-order valence-electron chi connectivity index (χ4n) is 2.75. The molecule has 2 aromatic rings. The summed E-state index contributed by atoms with van der Waals surface area (Å²) in [7, 11) is 1.58. The summed E-state index contributed by atoms with van der Waals surface area (Å²) >= 11 is 0. The summed E-state index contributed by atoms with van der Waals surface area (Å²) < 4.78 is 5.23. The van der Waals surface area contributed by atoms with E-state index < -0.39 is 11.8 Å². The van der Waals surface area contributed by atoms with Crippen molar-refractivity contribution in [1.82, 2.24) is 0 Å². The second kappa shape index (κ2) is 6.52. The van der Waals surface area contributed by atoms with Crippen molar-refractivity contribution in [2.45, 2.75) is 19.8 Å². The number of amides is 2. The molecule has 0 saturated heterocycles. The molecule has 2 rings (SSSR count). The smallest absolute Gasteiger partial charge is 0.249 e. The summed E-state index contributed by atoms with van der Waals surface area (Å²) in [6.07, 6.45) is 0. The number of nitrogens with two attached hydrogens (primary N) is 2. The molecule has 120 valence electrons. The second-order valence-corrected chi connectivity index (χ2v) is 5.50. The summed E-state index contributed by atoms with van der Waals surface area (Å²) in [6.45, 7) is 3.69. The van der Waals surface area contributed by atoms with Crippen LogP contribution in [0.3, 0.4) is 0 Å². The van der Waals surface area contributed by atoms with Crippen LogP contribution in [0.25, 0.3) is 0 Å². The number of hydrogen-bond acceptors (Lipinski definition) is 3. The molecule has 0 unspecified atom stereocenters. The van der Waals surface area contributed by atoms with Gasteiger partial charge in [-0.3, -0.25) is 9.59 Å². The number of methoxy groups -OCH3 is 1. The van der Waals surface area contributed by atoms with Gasteiger partial charge in [-0.1, -0.05) is 19.1 Å². The van der Waals surface area contributed by atoms with Crippen LogP contribution in [0.1, 0.15) is 50.2 Å². The van der Waals surface area contributed by atoms with Crippen molar-refractivity contribution >= 4 is 11.8 Å². The van der Waals surface area contributed by atoms with Gasteiger partial charge < -0.3 is 16.2 Å². The third kappa shape index (κ3) is 3.34. The first-order valence-corrected chi connectivity index (χ1v) is 7.23. The van der Waals surface area contributed by atoms with Gasteiger partial charge in [0.1, 0.15) is 5.75 Å². The number of primary amides is 2. The van der Waals surface area contributed by atoms with E-state index in [1.165, 1.54) is 0 Å². The summed E-state index contributed by atoms with van der Waals surface area (Å²) in [6, 6.07) is 10.8. The Bertz CT molecular complexity index is 734. The van der Waals surface area contributed by atoms with Gasteiger partial charge in [-0.25, -0.2) is 0 Å². The van der Waals surface area contributed by atoms with Gasteiger partial charge in [-0.2, -0.15) is 0 Å². The van der Waals surface area contributed by atoms with Crippen LogP contribution < -0.4 is 16.2 Å². The molecule has 4 N–H and O–H groups in total. The van der Waals surface area contributed by atoms with E-state index >= 15 is 0 Å². The van der Waals surface area contributed by atoms with E-state index in [4.69, 9.17) is 16.2 Å². The normalized spacial score (nSPS) is 11.8. The van der Waals surface area contributed by atoms with E-state index in [2.05, 4.69) is 0 Å². The van der Waals surface area contributed by atoms with E-state index in [0.717, 1.165) is 11.1 Å². The third-order valence-corrected chi connectivity index (χ3v) is 3.88. The fraction of sp³-hybridized carbons (Fsp3) is 0.222. The Morgan fingerprint density at radius 1 is 1.04 bits per heavy atom. The maximum absolute atomic E-state index is 11.9. The highest BCUT2D eigenvalue weighted by Gasteiger charge is 2.23. The Hall–Kier alpha value is -2.82. The second-order valence-electron chi connectivity index (χ2n) is 5.50. The molecular weight excluding hydrogens is 292 g/mol. The topological polar surface area (TPSA) is 95.4 Å². The third-order valence-electron chi connectivity index (χ3n) is 3.88. The number of ether oxygens (including phenoxy) is 1. The number of hydrogen-bond donors (Lipinski definition) is 2. The molecule has 23 heavy (non-hydrogen) atoms. The predicted octanol–water partition coefficient (Wildman–Crippen LogP) is 2.35. The van der Waals surface area contributed by atoms with Gasteiger partial charge in [-0.05, 0) is 47.9 Å². The molecule has 1 atom stereocenters. The van der Waals surface area contributed by atoms with Crippen LogP contribution in [0.2, 0.25) is 0 Å². The minimum absolute atomic E-state index is 0.240. The molecule has 0 heterocycles. The van der Waals surface area contributed by atoms with E-state index in [1.54, 1.807) is 26.2 Å². The highest BCUT2D eigenvalue weighted by molar-refractivity contribution is 6.01. The van der Waals surface area contributed by atoms with Crippen molar-refractivity contribution in [2.24, 2.45) is 11.5 Å². The Morgan fingerprint density at radius 3 is 2.09 bits per heavy atom. The van der Waals surface area contributed by atoms with Gasteiger partial charge in [0, 0.05) is 17.0 Å². The number of carbonyl (C=O) groups is 2. The lowest BCUT2D eigenvalue weighted by molar-refractivity contribution is 0.0999. The molecule has 0 bridgehead atoms. The monoisotopic (exact) mass is 312 g/mol. The Labute approximate surface area is 135 Å². The molecule has 0 aliphatic heterocycles. The Balaban J connectivity index is 2.68. The van der Waals surface area contributed by atoms with Crippen molar-refractivity contribution in [1.29, 1.82) is 0 Å². The maximum Gasteiger partial charge on any atom is 0.249 e. The predicted molar refractivity (Wildman–Crippen MR) is 88.7 cm³/mol. The van der Waals surface area contributed by atoms with E-state index in [1.807, 2.05) is 31.2 Å². The minimum atomic E-state index is -0.582. The lowest BCUT2D eigenvalue weighted by atomic mass is 9.84. The quantitative estimate of drug-likeness (QED) is 0.887. The maximum atomic E-state index is 11.9. The van der Waals surface area contributed by atoms with Crippen molar-refractivity contribution in [3.8, 4) is 5.75 Å². The first kappa shape index (κ1) is 16.5. The van der Waals surface area contributed by atoms with Crippen LogP contribution in [0, 0.1) is 6.92 Å². The minimum Gasteiger partial charge on any atom is -0.497 e. The zero-order valence-electron chi connectivity index (χ0n) is 13.4. The number of benzene rings is 2. The van der Waals surface area contributed by atoms with Gasteiger partial charge in [0.2, 0.25) is 11.8 Å². The van der Waals surface area contributed by atoms with Crippen LogP contribution in [0.5, 0.6) is 5.75 Å². The number of carbonyl (C=O) groups excluding carboxylic acids is 2. The highest BCUT2D eigenvalue weighted by atomic mass is 16.5. The molecule has 0 spiro atoms. The van der Waals surface area contributed by atoms with Crippen LogP contribution in [-0.2, 0) is 0 Å². The van der Waals surface area contributed by atoms with E-state index in [9.17, 15) is 9.59 Å². The van der Waals surface area contributed by atoms with Gasteiger partial charge in [-0.15, -0.1) is 0 Å². The van der Waals surface area contributed by atoms with Gasteiger partial charge in [0.25, 0.3) is 0 Å². The van der Waals surface area contributed by atoms with Crippen LogP contribution in [-0.4, -0.2) is 18.9 Å². The van der Waals surface area contributed by atoms with Crippen molar-refractivity contribution in [2.75, 3.05) is 7.11 Å². The van der Waals surface area contributed by atoms with Crippen molar-refractivity contribution < 1.29 is 14.3 Å². The zero-order chi connectivity index (χ0) is 17.1. The molecular formula is C18H20N2O3. The molecule has 0 radical (unpaired) electrons. The molecule has 0 aliphatic rings. The van der Waals surface area contributed by atoms with E-state index in [0.29, 0.717) is 22.4 Å². The number of rotatable bonds is 5. The Morgan fingerprint density at radius 2 is 1.61 bits per heavy atom. The van der Waals surface area contributed by atoms with Gasteiger partial charge in [0.05, 0.1) is 7.11 Å². The first-order valence-electron chi connectivity index (χ1n) is 7.23. The summed E-state index contributed by atoms with van der Waals surface area (Å²) in [4.78, 5) is 23.7. The molecule has 0 aliphatic carbocycles. The fourth-order valence-corrected chi connectivity index (χ4v) is 2.75. The molecule has 5 heteroatoms. The largest absolute Gasteiger partial charge is 0.497 e. The van der Waals surface area contributed by atoms with Gasteiger partial charge >= 0.3 is 0 Å². The highest BCUT2D eigenvalue weighted by Crippen LogP contribution is 2.32. The molecule has 2 amide bonds. The lowest BCUT2D eigenvalue weighted by Crippen LogP contribution is -2.22. The average Bonchev–Trinajstić information content (AvgIpc) is 2.53. The first-order chi connectivity index (χ1) is 10.8. The summed E-state index contributed by atoms with van der Waals surface area (Å²) in [5.74, 6) is -0.708. The lowest BCUT2D eigenvalue weighted by Gasteiger charge is -2.20. The molecule has 5 nitrogen and oxygen atoms in total. The summed E-state index contributed by atoms with van der Waals surface area (Å²) in [5, 5.41) is 0. The van der Waals surface area contributed by atoms with Crippen LogP contribution >= 0.6 is 0 Å². The molecule has 2 aromatic carbocycles. The molecule has 0 fully saturated rings. The summed E-state index contributed by atoms with van der Waals surface area (Å²) in [5.41, 5.74) is 13.9. The van der Waals surface area contributed by atoms with E-state index in [-0.39, 0.29) is 5.92 Å². The Kier molecular flexibility index (Phi) is 4.69. The molecule has 0 saturated carbocycles. The standard InChI is InChI=1S/C18H20N2O3/c1-10-7-14(17(19)21)16(15(8-10)18(20)22)11(2)12-5-4-6-13(9-12)23-3/h4-9,11H,1-3H3,(H2,19,21)(H2,20,22)/t11-/m1/s1. The van der Waals surface area contributed by atoms with Crippen molar-refractivity contribution in [3.63, 3.8) is 0 Å². The average molecular weight is 312 g/mol. The van der Waals surface area contributed by atoms with Gasteiger partial charge in [0.15, 0.2) is 0 Å². The van der Waals surface area contributed by atoms with Crippen LogP contribution in [0.15, 0.2) is 36.4 Å². The van der Waals surface area contributed by atoms with Crippen molar-refractivity contribution in [3.05, 3.63) is 64.2 Å². The number of aryl methyl sites for hydroxylation is 1.